The first-order valence-electron chi connectivity index (χ1n) is 15.3. The van der Waals surface area contributed by atoms with Crippen molar-refractivity contribution in [3.8, 4) is 0 Å². The van der Waals surface area contributed by atoms with Gasteiger partial charge in [0.15, 0.2) is 12.1 Å². The summed E-state index contributed by atoms with van der Waals surface area (Å²) in [6, 6.07) is 1.83. The lowest BCUT2D eigenvalue weighted by molar-refractivity contribution is -0.497. The van der Waals surface area contributed by atoms with Crippen molar-refractivity contribution < 1.29 is 52.3 Å². The van der Waals surface area contributed by atoms with Crippen molar-refractivity contribution >= 4 is 17.9 Å². The normalized spacial score (nSPS) is 50.7. The van der Waals surface area contributed by atoms with E-state index in [2.05, 4.69) is 6.92 Å². The fourth-order valence-electron chi connectivity index (χ4n) is 10.7. The molecule has 13 atom stereocenters. The van der Waals surface area contributed by atoms with Crippen molar-refractivity contribution in [2.75, 3.05) is 14.2 Å². The zero-order chi connectivity index (χ0) is 30.9. The summed E-state index contributed by atoms with van der Waals surface area (Å²) in [5, 5.41) is 12.9. The highest BCUT2D eigenvalue weighted by Gasteiger charge is 2.93. The van der Waals surface area contributed by atoms with E-state index in [-0.39, 0.29) is 30.6 Å². The zero-order valence-corrected chi connectivity index (χ0v) is 25.8. The Bertz CT molecular complexity index is 1340. The summed E-state index contributed by atoms with van der Waals surface area (Å²) in [6.07, 6.45) is 1.66. The number of carbonyl (C=O) groups excluding carboxylic acids is 3. The van der Waals surface area contributed by atoms with Crippen molar-refractivity contribution in [2.45, 2.75) is 96.3 Å². The van der Waals surface area contributed by atoms with Gasteiger partial charge < -0.3 is 37.9 Å². The van der Waals surface area contributed by atoms with Crippen LogP contribution in [-0.4, -0.2) is 67.1 Å². The zero-order valence-electron chi connectivity index (χ0n) is 25.8. The van der Waals surface area contributed by atoms with Gasteiger partial charge in [0.2, 0.25) is 0 Å². The highest BCUT2D eigenvalue weighted by atomic mass is 16.8. The van der Waals surface area contributed by atoms with E-state index in [1.165, 1.54) is 14.2 Å². The third-order valence-electron chi connectivity index (χ3n) is 12.6. The maximum Gasteiger partial charge on any atom is 0.308 e. The lowest BCUT2D eigenvalue weighted by Crippen LogP contribution is -2.85. The molecule has 5 heterocycles. The van der Waals surface area contributed by atoms with Crippen LogP contribution < -0.4 is 0 Å². The second-order valence-corrected chi connectivity index (χ2v) is 14.6. The molecule has 4 bridgehead atoms. The summed E-state index contributed by atoms with van der Waals surface area (Å²) in [4.78, 5) is 39.6. The van der Waals surface area contributed by atoms with Crippen LogP contribution in [0.25, 0.3) is 0 Å². The highest BCUT2D eigenvalue weighted by molar-refractivity contribution is 5.73. The van der Waals surface area contributed by atoms with E-state index in [4.69, 9.17) is 32.8 Å². The Morgan fingerprint density at radius 2 is 1.88 bits per heavy atom. The van der Waals surface area contributed by atoms with Crippen LogP contribution in [-0.2, 0) is 42.8 Å². The van der Waals surface area contributed by atoms with Gasteiger partial charge in [-0.05, 0) is 24.8 Å². The molecule has 0 unspecified atom stereocenters. The fraction of sp³-hybridized carbons (Fsp3) is 0.781. The van der Waals surface area contributed by atoms with Gasteiger partial charge in [-0.3, -0.25) is 14.4 Å². The molecule has 3 aliphatic carbocycles. The molecular weight excluding hydrogens is 560 g/mol. The molecule has 236 valence electrons. The van der Waals surface area contributed by atoms with Crippen LogP contribution in [0.4, 0.5) is 0 Å². The summed E-state index contributed by atoms with van der Waals surface area (Å²) in [6.45, 7) is 9.54. The molecule has 1 spiro atoms. The quantitative estimate of drug-likeness (QED) is 0.290. The van der Waals surface area contributed by atoms with Crippen LogP contribution in [0.2, 0.25) is 0 Å². The molecule has 11 heteroatoms. The minimum absolute atomic E-state index is 0.0453. The Kier molecular flexibility index (Phi) is 6.16. The maximum atomic E-state index is 13.3. The summed E-state index contributed by atoms with van der Waals surface area (Å²) < 4.78 is 42.1. The van der Waals surface area contributed by atoms with Gasteiger partial charge in [0.1, 0.15) is 17.8 Å². The van der Waals surface area contributed by atoms with Crippen LogP contribution in [0.3, 0.4) is 0 Å². The predicted molar refractivity (Wildman–Crippen MR) is 145 cm³/mol. The molecule has 0 aromatic carbocycles. The fourth-order valence-corrected chi connectivity index (χ4v) is 10.7. The Labute approximate surface area is 250 Å². The first-order chi connectivity index (χ1) is 20.2. The van der Waals surface area contributed by atoms with E-state index in [1.807, 2.05) is 19.9 Å². The van der Waals surface area contributed by atoms with Gasteiger partial charge in [-0.2, -0.15) is 0 Å². The van der Waals surface area contributed by atoms with E-state index >= 15 is 0 Å². The summed E-state index contributed by atoms with van der Waals surface area (Å²) in [5.41, 5.74) is -2.60. The Hall–Kier alpha value is -2.47. The molecule has 4 saturated heterocycles. The number of furan rings is 1. The number of cyclic esters (lactones) is 1. The number of ether oxygens (including phenoxy) is 6. The van der Waals surface area contributed by atoms with Gasteiger partial charge in [-0.25, -0.2) is 0 Å². The van der Waals surface area contributed by atoms with E-state index in [0.717, 1.165) is 5.56 Å². The molecule has 3 saturated carbocycles. The second kappa shape index (κ2) is 9.05. The summed E-state index contributed by atoms with van der Waals surface area (Å²) in [7, 11) is 2.83. The first kappa shape index (κ1) is 29.3. The number of hydrogen-bond donors (Lipinski definition) is 1. The molecule has 1 aromatic rings. The Balaban J connectivity index is 1.41. The topological polar surface area (TPSA) is 143 Å². The van der Waals surface area contributed by atoms with Crippen LogP contribution in [0.5, 0.6) is 0 Å². The van der Waals surface area contributed by atoms with Crippen molar-refractivity contribution in [3.05, 3.63) is 24.2 Å². The number of carbonyl (C=O) groups is 3. The summed E-state index contributed by atoms with van der Waals surface area (Å²) in [5.74, 6) is -5.39. The molecule has 7 aliphatic rings. The summed E-state index contributed by atoms with van der Waals surface area (Å²) >= 11 is 0. The Morgan fingerprint density at radius 3 is 2.51 bits per heavy atom. The van der Waals surface area contributed by atoms with Crippen LogP contribution in [0.15, 0.2) is 23.0 Å². The van der Waals surface area contributed by atoms with Gasteiger partial charge in [-0.15, -0.1) is 0 Å². The van der Waals surface area contributed by atoms with Crippen molar-refractivity contribution in [1.82, 2.24) is 0 Å². The van der Waals surface area contributed by atoms with Gasteiger partial charge in [0.05, 0.1) is 49.4 Å². The van der Waals surface area contributed by atoms with Crippen molar-refractivity contribution in [1.29, 1.82) is 0 Å². The van der Waals surface area contributed by atoms with Gasteiger partial charge in [-0.1, -0.05) is 34.6 Å². The van der Waals surface area contributed by atoms with Crippen LogP contribution >= 0.6 is 0 Å². The average Bonchev–Trinajstić information content (AvgIpc) is 3.41. The van der Waals surface area contributed by atoms with E-state index in [0.29, 0.717) is 12.8 Å². The SMILES string of the molecule is COC(=O)C[C@H]1[C@]2(C)[C@H](OC)O[C@]3(O)[C@H]([C@H]2OC(=O)C(C)C)[C@H]2O[C@]24[C@@H]2CC(=O)O[C@@H](c5ccoc5)[C@]2(C)CC[C@@H]4[C@]13C. The number of aliphatic hydroxyl groups is 1. The molecule has 4 aliphatic heterocycles. The molecule has 1 N–H and O–H groups in total. The third kappa shape index (κ3) is 3.32. The number of esters is 3. The lowest BCUT2D eigenvalue weighted by atomic mass is 9.34. The smallest absolute Gasteiger partial charge is 0.308 e. The molecule has 1 aromatic heterocycles. The largest absolute Gasteiger partial charge is 0.472 e. The lowest BCUT2D eigenvalue weighted by Gasteiger charge is -2.75. The molecule has 43 heavy (non-hydrogen) atoms. The van der Waals surface area contributed by atoms with E-state index < -0.39 is 81.9 Å². The van der Waals surface area contributed by atoms with Gasteiger partial charge in [0.25, 0.3) is 0 Å². The monoisotopic (exact) mass is 602 g/mol. The van der Waals surface area contributed by atoms with Crippen molar-refractivity contribution in [2.24, 2.45) is 45.8 Å². The molecule has 0 amide bonds. The number of hydrogen-bond acceptors (Lipinski definition) is 11. The van der Waals surface area contributed by atoms with E-state index in [9.17, 15) is 19.5 Å². The minimum atomic E-state index is -1.85. The number of fused-ring (bicyclic) bond motifs is 2. The third-order valence-corrected chi connectivity index (χ3v) is 12.6. The molecular formula is C32H42O11. The second-order valence-electron chi connectivity index (χ2n) is 14.6. The Morgan fingerprint density at radius 1 is 1.14 bits per heavy atom. The van der Waals surface area contributed by atoms with Crippen LogP contribution in [0.1, 0.15) is 72.0 Å². The number of methoxy groups -OCH3 is 2. The average molecular weight is 603 g/mol. The highest BCUT2D eigenvalue weighted by Crippen LogP contribution is 2.83. The molecule has 11 nitrogen and oxygen atoms in total. The van der Waals surface area contributed by atoms with Crippen molar-refractivity contribution in [3.63, 3.8) is 0 Å². The standard InChI is InChI=1S/C32H42O11/c1-15(2)26(35)41-24-22-25-31(42-25)17(8-10-28(3)18(31)12-21(34)40-23(28)16-9-11-39-14-16)30(5)19(13-20(33)37-6)29(24,4)27(38-7)43-32(22,30)36/h9,11,14-15,17-19,22-25,27,36H,8,10,12-13H2,1-7H3/t17-,18-,19+,22-,23+,24-,25-,27-,28-,29+,30-,31-,32-/m1/s1. The van der Waals surface area contributed by atoms with E-state index in [1.54, 1.807) is 26.4 Å². The number of epoxide rings is 1. The molecule has 7 fully saturated rings. The molecule has 8 rings (SSSR count). The molecule has 0 radical (unpaired) electrons. The minimum Gasteiger partial charge on any atom is -0.472 e. The first-order valence-corrected chi connectivity index (χ1v) is 15.3. The predicted octanol–water partition coefficient (Wildman–Crippen LogP) is 3.53. The van der Waals surface area contributed by atoms with Gasteiger partial charge in [0, 0.05) is 41.8 Å². The van der Waals surface area contributed by atoms with Gasteiger partial charge >= 0.3 is 17.9 Å². The number of rotatable bonds is 6. The maximum absolute atomic E-state index is 13.3. The van der Waals surface area contributed by atoms with Crippen LogP contribution in [0, 0.1) is 45.8 Å².